The topological polar surface area (TPSA) is 95.5 Å². The summed E-state index contributed by atoms with van der Waals surface area (Å²) in [7, 11) is 0. The van der Waals surface area contributed by atoms with Crippen LogP contribution in [0.5, 0.6) is 0 Å². The molecule has 0 aliphatic heterocycles. The van der Waals surface area contributed by atoms with Gasteiger partial charge in [-0.25, -0.2) is 4.79 Å². The number of hydrogen-bond donors (Lipinski definition) is 3. The summed E-state index contributed by atoms with van der Waals surface area (Å²) in [5, 5.41) is 12.6. The van der Waals surface area contributed by atoms with Crippen LogP contribution < -0.4 is 10.6 Å². The number of hydrogen-bond acceptors (Lipinski definition) is 3. The molecule has 6 heteroatoms. The minimum absolute atomic E-state index is 0.228. The Kier molecular flexibility index (Phi) is 5.25. The van der Waals surface area contributed by atoms with E-state index in [0.717, 1.165) is 0 Å². The molecule has 74 valence electrons. The molecular weight excluding hydrogens is 176 g/mol. The van der Waals surface area contributed by atoms with Crippen molar-refractivity contribution in [2.24, 2.45) is 0 Å². The molecule has 1 atom stereocenters. The summed E-state index contributed by atoms with van der Waals surface area (Å²) in [4.78, 5) is 31.0. The van der Waals surface area contributed by atoms with Crippen LogP contribution in [-0.4, -0.2) is 36.0 Å². The minimum atomic E-state index is -1.25. The van der Waals surface area contributed by atoms with Crippen LogP contribution in [0, 0.1) is 0 Å². The molecule has 0 radical (unpaired) electrons. The molecule has 3 N–H and O–H groups in total. The molecule has 0 spiro atoms. The van der Waals surface area contributed by atoms with Crippen LogP contribution in [-0.2, 0) is 9.59 Å². The van der Waals surface area contributed by atoms with Crippen molar-refractivity contribution in [1.29, 1.82) is 0 Å². The number of nitrogens with one attached hydrogen (secondary N) is 2. The number of carbonyl (C=O) groups is 3. The maximum atomic E-state index is 11.0. The molecule has 0 bridgehead atoms. The molecule has 0 rings (SSSR count). The molecule has 0 aliphatic carbocycles. The van der Waals surface area contributed by atoms with E-state index < -0.39 is 18.0 Å². The zero-order valence-electron chi connectivity index (χ0n) is 7.24. The third kappa shape index (κ3) is 5.66. The number of aldehydes is 1. The molecule has 0 aromatic carbocycles. The second-order valence-corrected chi connectivity index (χ2v) is 2.42. The van der Waals surface area contributed by atoms with Gasteiger partial charge < -0.3 is 20.5 Å². The molecule has 0 saturated heterocycles. The van der Waals surface area contributed by atoms with Crippen molar-refractivity contribution in [3.05, 3.63) is 0 Å². The van der Waals surface area contributed by atoms with E-state index in [0.29, 0.717) is 6.29 Å². The van der Waals surface area contributed by atoms with Gasteiger partial charge >= 0.3 is 6.09 Å². The average molecular weight is 188 g/mol. The fourth-order valence-corrected chi connectivity index (χ4v) is 0.658. The second-order valence-electron chi connectivity index (χ2n) is 2.42. The van der Waals surface area contributed by atoms with Gasteiger partial charge in [-0.05, 0) is 6.92 Å². The standard InChI is InChI=1S/C7H12N2O4/c1-5(9-7(12)13)6(11)8-3-2-4-10/h4-5,9H,2-3H2,1H3,(H,8,11)(H,12,13)/t5-/m0/s1. The van der Waals surface area contributed by atoms with Crippen molar-refractivity contribution in [1.82, 2.24) is 10.6 Å². The Hall–Kier alpha value is -1.59. The maximum Gasteiger partial charge on any atom is 0.405 e. The van der Waals surface area contributed by atoms with Crippen LogP contribution in [0.2, 0.25) is 0 Å². The lowest BCUT2D eigenvalue weighted by molar-refractivity contribution is -0.122. The van der Waals surface area contributed by atoms with Gasteiger partial charge in [-0.1, -0.05) is 0 Å². The number of rotatable bonds is 5. The lowest BCUT2D eigenvalue weighted by Crippen LogP contribution is -2.44. The first-order valence-corrected chi connectivity index (χ1v) is 3.78. The minimum Gasteiger partial charge on any atom is -0.465 e. The molecule has 0 aromatic heterocycles. The average Bonchev–Trinajstić information content (AvgIpc) is 2.03. The third-order valence-corrected chi connectivity index (χ3v) is 1.29. The number of carbonyl (C=O) groups excluding carboxylic acids is 2. The summed E-state index contributed by atoms with van der Waals surface area (Å²) in [5.41, 5.74) is 0. The van der Waals surface area contributed by atoms with Crippen molar-refractivity contribution in [3.8, 4) is 0 Å². The van der Waals surface area contributed by atoms with Gasteiger partial charge in [0, 0.05) is 13.0 Å². The largest absolute Gasteiger partial charge is 0.465 e. The lowest BCUT2D eigenvalue weighted by atomic mass is 10.3. The fourth-order valence-electron chi connectivity index (χ4n) is 0.658. The van der Waals surface area contributed by atoms with Crippen LogP contribution >= 0.6 is 0 Å². The zero-order valence-corrected chi connectivity index (χ0v) is 7.24. The van der Waals surface area contributed by atoms with Crippen molar-refractivity contribution >= 4 is 18.3 Å². The number of carboxylic acid groups (broad SMARTS) is 1. The van der Waals surface area contributed by atoms with E-state index in [4.69, 9.17) is 5.11 Å². The fraction of sp³-hybridized carbons (Fsp3) is 0.571. The molecule has 0 heterocycles. The van der Waals surface area contributed by atoms with Gasteiger partial charge in [0.25, 0.3) is 0 Å². The normalized spacial score (nSPS) is 11.5. The highest BCUT2D eigenvalue weighted by atomic mass is 16.4. The Morgan fingerprint density at radius 2 is 2.15 bits per heavy atom. The molecule has 0 fully saturated rings. The van der Waals surface area contributed by atoms with E-state index in [1.54, 1.807) is 0 Å². The highest BCUT2D eigenvalue weighted by Gasteiger charge is 2.13. The molecule has 0 aromatic rings. The predicted octanol–water partition coefficient (Wildman–Crippen LogP) is -0.652. The molecule has 13 heavy (non-hydrogen) atoms. The van der Waals surface area contributed by atoms with Gasteiger partial charge in [-0.15, -0.1) is 0 Å². The zero-order chi connectivity index (χ0) is 10.3. The summed E-state index contributed by atoms with van der Waals surface area (Å²) in [6, 6.07) is -0.802. The van der Waals surface area contributed by atoms with E-state index >= 15 is 0 Å². The third-order valence-electron chi connectivity index (χ3n) is 1.29. The predicted molar refractivity (Wildman–Crippen MR) is 44.3 cm³/mol. The molecule has 2 amide bonds. The van der Waals surface area contributed by atoms with E-state index in [-0.39, 0.29) is 13.0 Å². The van der Waals surface area contributed by atoms with Gasteiger partial charge in [0.1, 0.15) is 12.3 Å². The Balaban J connectivity index is 3.69. The highest BCUT2D eigenvalue weighted by molar-refractivity contribution is 5.84. The Labute approximate surface area is 75.3 Å². The van der Waals surface area contributed by atoms with Crippen molar-refractivity contribution in [2.75, 3.05) is 6.54 Å². The summed E-state index contributed by atoms with van der Waals surface area (Å²) < 4.78 is 0. The van der Waals surface area contributed by atoms with E-state index in [1.807, 2.05) is 5.32 Å². The quantitative estimate of drug-likeness (QED) is 0.394. The maximum absolute atomic E-state index is 11.0. The van der Waals surface area contributed by atoms with Crippen LogP contribution in [0.1, 0.15) is 13.3 Å². The van der Waals surface area contributed by atoms with Crippen molar-refractivity contribution in [3.63, 3.8) is 0 Å². The van der Waals surface area contributed by atoms with Gasteiger partial charge in [0.15, 0.2) is 0 Å². The molecular formula is C7H12N2O4. The summed E-state index contributed by atoms with van der Waals surface area (Å²) >= 11 is 0. The van der Waals surface area contributed by atoms with Gasteiger partial charge in [-0.2, -0.15) is 0 Å². The lowest BCUT2D eigenvalue weighted by Gasteiger charge is -2.10. The van der Waals surface area contributed by atoms with Crippen LogP contribution in [0.15, 0.2) is 0 Å². The first-order chi connectivity index (χ1) is 6.07. The summed E-state index contributed by atoms with van der Waals surface area (Å²) in [6.07, 6.45) is -0.348. The van der Waals surface area contributed by atoms with Crippen LogP contribution in [0.4, 0.5) is 4.79 Å². The Morgan fingerprint density at radius 1 is 1.54 bits per heavy atom. The highest BCUT2D eigenvalue weighted by Crippen LogP contribution is 1.81. The van der Waals surface area contributed by atoms with Crippen LogP contribution in [0.3, 0.4) is 0 Å². The Morgan fingerprint density at radius 3 is 2.62 bits per heavy atom. The molecule has 0 saturated carbocycles. The first kappa shape index (κ1) is 11.4. The van der Waals surface area contributed by atoms with E-state index in [9.17, 15) is 14.4 Å². The Bertz CT molecular complexity index is 205. The smallest absolute Gasteiger partial charge is 0.405 e. The van der Waals surface area contributed by atoms with Crippen LogP contribution in [0.25, 0.3) is 0 Å². The molecule has 6 nitrogen and oxygen atoms in total. The first-order valence-electron chi connectivity index (χ1n) is 3.78. The monoisotopic (exact) mass is 188 g/mol. The summed E-state index contributed by atoms with van der Waals surface area (Å²) in [6.45, 7) is 1.65. The molecule has 0 aliphatic rings. The summed E-state index contributed by atoms with van der Waals surface area (Å²) in [5.74, 6) is -0.441. The van der Waals surface area contributed by atoms with Gasteiger partial charge in [-0.3, -0.25) is 4.79 Å². The van der Waals surface area contributed by atoms with Gasteiger partial charge in [0.2, 0.25) is 5.91 Å². The van der Waals surface area contributed by atoms with E-state index in [2.05, 4.69) is 5.32 Å². The SMILES string of the molecule is C[C@H](NC(=O)O)C(=O)NCCC=O. The van der Waals surface area contributed by atoms with Gasteiger partial charge in [0.05, 0.1) is 0 Å². The number of amides is 2. The molecule has 0 unspecified atom stereocenters. The van der Waals surface area contributed by atoms with Crippen molar-refractivity contribution < 1.29 is 19.5 Å². The second kappa shape index (κ2) is 5.99. The van der Waals surface area contributed by atoms with E-state index in [1.165, 1.54) is 6.92 Å². The van der Waals surface area contributed by atoms with Crippen molar-refractivity contribution in [2.45, 2.75) is 19.4 Å².